The van der Waals surface area contributed by atoms with Gasteiger partial charge < -0.3 is 0 Å². The number of allylic oxidation sites excluding steroid dienone is 2. The lowest BCUT2D eigenvalue weighted by atomic mass is 10.0. The maximum absolute atomic E-state index is 2.63. The fraction of sp³-hybridized carbons (Fsp3) is 0.833. The molecule has 0 saturated heterocycles. The van der Waals surface area contributed by atoms with Crippen LogP contribution in [0.5, 0.6) is 0 Å². The summed E-state index contributed by atoms with van der Waals surface area (Å²) in [5.41, 5.74) is 2.51. The highest BCUT2D eigenvalue weighted by Crippen LogP contribution is 2.59. The molecule has 0 N–H and O–H groups in total. The normalized spacial score (nSPS) is 41.9. The van der Waals surface area contributed by atoms with Gasteiger partial charge in [0.1, 0.15) is 0 Å². The van der Waals surface area contributed by atoms with E-state index in [-0.39, 0.29) is 0 Å². The van der Waals surface area contributed by atoms with Gasteiger partial charge in [0.2, 0.25) is 0 Å². The lowest BCUT2D eigenvalue weighted by Gasteiger charge is -2.04. The lowest BCUT2D eigenvalue weighted by molar-refractivity contribution is 0.480. The van der Waals surface area contributed by atoms with Crippen molar-refractivity contribution in [3.63, 3.8) is 0 Å². The lowest BCUT2D eigenvalue weighted by Crippen LogP contribution is -1.91. The predicted octanol–water partition coefficient (Wildman–Crippen LogP) is 3.53. The zero-order valence-electron chi connectivity index (χ0n) is 7.97. The van der Waals surface area contributed by atoms with Gasteiger partial charge in [-0.15, -0.1) is 0 Å². The molecule has 0 amide bonds. The molecule has 2 atom stereocenters. The largest absolute Gasteiger partial charge is 0.0788 e. The summed E-state index contributed by atoms with van der Waals surface area (Å²) in [7, 11) is 0. The summed E-state index contributed by atoms with van der Waals surface area (Å²) < 4.78 is 0. The summed E-state index contributed by atoms with van der Waals surface area (Å²) >= 11 is 0. The molecule has 3 rings (SSSR count). The van der Waals surface area contributed by atoms with E-state index in [1.54, 1.807) is 0 Å². The van der Waals surface area contributed by atoms with Crippen LogP contribution in [-0.4, -0.2) is 0 Å². The van der Waals surface area contributed by atoms with Crippen molar-refractivity contribution in [2.24, 2.45) is 17.3 Å². The van der Waals surface area contributed by atoms with E-state index in [4.69, 9.17) is 0 Å². The molecule has 0 heteroatoms. The minimum Gasteiger partial charge on any atom is -0.0788 e. The van der Waals surface area contributed by atoms with E-state index in [1.165, 1.54) is 38.5 Å². The van der Waals surface area contributed by atoms with E-state index in [2.05, 4.69) is 13.0 Å². The van der Waals surface area contributed by atoms with Crippen molar-refractivity contribution in [2.45, 2.75) is 45.4 Å². The van der Waals surface area contributed by atoms with E-state index < -0.39 is 0 Å². The van der Waals surface area contributed by atoms with E-state index >= 15 is 0 Å². The first kappa shape index (κ1) is 7.17. The predicted molar refractivity (Wildman–Crippen MR) is 50.9 cm³/mol. The molecular formula is C12H18. The summed E-state index contributed by atoms with van der Waals surface area (Å²) in [5.74, 6) is 2.10. The molecular weight excluding hydrogens is 144 g/mol. The Morgan fingerprint density at radius 2 is 1.75 bits per heavy atom. The molecule has 0 bridgehead atoms. The Kier molecular flexibility index (Phi) is 1.29. The van der Waals surface area contributed by atoms with Crippen molar-refractivity contribution in [1.82, 2.24) is 0 Å². The Morgan fingerprint density at radius 1 is 1.17 bits per heavy atom. The summed E-state index contributed by atoms with van der Waals surface area (Å²) in [6.45, 7) is 2.42. The average Bonchev–Trinajstić information content (AvgIpc) is 2.95. The first-order chi connectivity index (χ1) is 5.79. The molecule has 0 aliphatic heterocycles. The molecule has 0 spiro atoms. The second kappa shape index (κ2) is 2.16. The SMILES string of the molecule is CC1(C=C2C3CCCCC23)CC1. The Bertz CT molecular complexity index is 218. The van der Waals surface area contributed by atoms with Gasteiger partial charge in [0.05, 0.1) is 0 Å². The number of rotatable bonds is 1. The van der Waals surface area contributed by atoms with Crippen molar-refractivity contribution >= 4 is 0 Å². The van der Waals surface area contributed by atoms with Gasteiger partial charge in [-0.05, 0) is 42.9 Å². The summed E-state index contributed by atoms with van der Waals surface area (Å²) in [4.78, 5) is 0. The second-order valence-corrected chi connectivity index (χ2v) is 5.30. The van der Waals surface area contributed by atoms with E-state index in [0.29, 0.717) is 5.41 Å². The van der Waals surface area contributed by atoms with Crippen LogP contribution in [0.15, 0.2) is 11.6 Å². The van der Waals surface area contributed by atoms with Crippen molar-refractivity contribution < 1.29 is 0 Å². The fourth-order valence-electron chi connectivity index (χ4n) is 2.83. The van der Waals surface area contributed by atoms with Crippen LogP contribution in [0.4, 0.5) is 0 Å². The highest BCUT2D eigenvalue weighted by Gasteiger charge is 2.47. The molecule has 2 unspecified atom stereocenters. The Morgan fingerprint density at radius 3 is 2.25 bits per heavy atom. The summed E-state index contributed by atoms with van der Waals surface area (Å²) in [5, 5.41) is 0. The quantitative estimate of drug-likeness (QED) is 0.517. The molecule has 0 aromatic rings. The van der Waals surface area contributed by atoms with Crippen molar-refractivity contribution in [1.29, 1.82) is 0 Å². The monoisotopic (exact) mass is 162 g/mol. The summed E-state index contributed by atoms with van der Waals surface area (Å²) in [6.07, 6.45) is 11.5. The second-order valence-electron chi connectivity index (χ2n) is 5.30. The minimum atomic E-state index is 0.659. The molecule has 3 fully saturated rings. The van der Waals surface area contributed by atoms with E-state index in [0.717, 1.165) is 11.8 Å². The molecule has 0 aromatic carbocycles. The number of hydrogen-bond acceptors (Lipinski definition) is 0. The van der Waals surface area contributed by atoms with Crippen molar-refractivity contribution in [3.8, 4) is 0 Å². The fourth-order valence-corrected chi connectivity index (χ4v) is 2.83. The Balaban J connectivity index is 1.75. The van der Waals surface area contributed by atoms with Crippen LogP contribution in [0.1, 0.15) is 45.4 Å². The Labute approximate surface area is 75.0 Å². The number of hydrogen-bond donors (Lipinski definition) is 0. The molecule has 12 heavy (non-hydrogen) atoms. The zero-order valence-corrected chi connectivity index (χ0v) is 7.97. The standard InChI is InChI=1S/C12H18/c1-12(6-7-12)8-11-9-4-2-3-5-10(9)11/h8-10H,2-7H2,1H3. The van der Waals surface area contributed by atoms with Crippen LogP contribution < -0.4 is 0 Å². The van der Waals surface area contributed by atoms with Crippen LogP contribution in [0.2, 0.25) is 0 Å². The topological polar surface area (TPSA) is 0 Å². The van der Waals surface area contributed by atoms with Gasteiger partial charge in [0.25, 0.3) is 0 Å². The third-order valence-corrected chi connectivity index (χ3v) is 4.07. The van der Waals surface area contributed by atoms with Crippen molar-refractivity contribution in [3.05, 3.63) is 11.6 Å². The zero-order chi connectivity index (χ0) is 8.18. The molecule has 3 saturated carbocycles. The van der Waals surface area contributed by atoms with Crippen LogP contribution in [0.3, 0.4) is 0 Å². The van der Waals surface area contributed by atoms with Gasteiger partial charge >= 0.3 is 0 Å². The van der Waals surface area contributed by atoms with Crippen molar-refractivity contribution in [2.75, 3.05) is 0 Å². The highest BCUT2D eigenvalue weighted by molar-refractivity contribution is 5.33. The first-order valence-corrected chi connectivity index (χ1v) is 5.51. The molecule has 0 radical (unpaired) electrons. The maximum Gasteiger partial charge on any atom is -0.0134 e. The van der Waals surface area contributed by atoms with Gasteiger partial charge in [-0.25, -0.2) is 0 Å². The Hall–Kier alpha value is -0.260. The van der Waals surface area contributed by atoms with Gasteiger partial charge in [0.15, 0.2) is 0 Å². The molecule has 3 aliphatic rings. The molecule has 66 valence electrons. The molecule has 0 nitrogen and oxygen atoms in total. The van der Waals surface area contributed by atoms with Crippen LogP contribution >= 0.6 is 0 Å². The van der Waals surface area contributed by atoms with Gasteiger partial charge in [0, 0.05) is 0 Å². The molecule has 0 heterocycles. The van der Waals surface area contributed by atoms with Crippen LogP contribution in [-0.2, 0) is 0 Å². The minimum absolute atomic E-state index is 0.659. The maximum atomic E-state index is 2.63. The molecule has 0 aromatic heterocycles. The molecule has 3 aliphatic carbocycles. The third kappa shape index (κ3) is 1.04. The third-order valence-electron chi connectivity index (χ3n) is 4.07. The summed E-state index contributed by atoms with van der Waals surface area (Å²) in [6, 6.07) is 0. The number of fused-ring (bicyclic) bond motifs is 1. The van der Waals surface area contributed by atoms with E-state index in [1.807, 2.05) is 5.57 Å². The van der Waals surface area contributed by atoms with Gasteiger partial charge in [-0.2, -0.15) is 0 Å². The van der Waals surface area contributed by atoms with Crippen LogP contribution in [0, 0.1) is 17.3 Å². The first-order valence-electron chi connectivity index (χ1n) is 5.51. The highest BCUT2D eigenvalue weighted by atomic mass is 14.5. The van der Waals surface area contributed by atoms with Gasteiger partial charge in [-0.3, -0.25) is 0 Å². The smallest absolute Gasteiger partial charge is 0.0134 e. The average molecular weight is 162 g/mol. The van der Waals surface area contributed by atoms with Crippen LogP contribution in [0.25, 0.3) is 0 Å². The van der Waals surface area contributed by atoms with E-state index in [9.17, 15) is 0 Å². The van der Waals surface area contributed by atoms with Gasteiger partial charge in [-0.1, -0.05) is 31.4 Å².